The summed E-state index contributed by atoms with van der Waals surface area (Å²) in [4.78, 5) is 6.85. The molecule has 4 rings (SSSR count). The molecular weight excluding hydrogens is 352 g/mol. The van der Waals surface area contributed by atoms with Crippen LogP contribution in [0.4, 0.5) is 0 Å². The van der Waals surface area contributed by atoms with Gasteiger partial charge in [0, 0.05) is 30.3 Å². The molecule has 1 saturated heterocycles. The van der Waals surface area contributed by atoms with Crippen molar-refractivity contribution >= 4 is 17.3 Å². The molecule has 4 nitrogen and oxygen atoms in total. The van der Waals surface area contributed by atoms with Crippen molar-refractivity contribution in [3.63, 3.8) is 0 Å². The van der Waals surface area contributed by atoms with Crippen LogP contribution in [0.3, 0.4) is 0 Å². The van der Waals surface area contributed by atoms with Crippen LogP contribution in [0.25, 0.3) is 5.69 Å². The lowest BCUT2D eigenvalue weighted by Gasteiger charge is -2.28. The van der Waals surface area contributed by atoms with E-state index in [1.54, 1.807) is 0 Å². The first-order chi connectivity index (χ1) is 13.1. The molecule has 0 spiro atoms. The van der Waals surface area contributed by atoms with E-state index >= 15 is 0 Å². The largest absolute Gasteiger partial charge is 0.352 e. The third-order valence-corrected chi connectivity index (χ3v) is 5.74. The van der Waals surface area contributed by atoms with E-state index < -0.39 is 0 Å². The summed E-state index contributed by atoms with van der Waals surface area (Å²) in [7, 11) is 0. The van der Waals surface area contributed by atoms with Gasteiger partial charge < -0.3 is 14.8 Å². The smallest absolute Gasteiger partial charge is 0.170 e. The summed E-state index contributed by atoms with van der Waals surface area (Å²) in [6, 6.07) is 17.1. The first kappa shape index (κ1) is 17.7. The van der Waals surface area contributed by atoms with Crippen molar-refractivity contribution in [2.24, 2.45) is 0 Å². The SMILES string of the molecule is CCN1C(=S)N[C@H](c2ccccn2)[C@H]1c1cccn1-c1ccc(C)c(C)c1. The molecule has 0 bridgehead atoms. The van der Waals surface area contributed by atoms with E-state index in [1.807, 2.05) is 18.3 Å². The van der Waals surface area contributed by atoms with Gasteiger partial charge in [-0.15, -0.1) is 0 Å². The zero-order valence-corrected chi connectivity index (χ0v) is 16.7. The summed E-state index contributed by atoms with van der Waals surface area (Å²) in [5.74, 6) is 0. The van der Waals surface area contributed by atoms with E-state index in [0.29, 0.717) is 0 Å². The standard InChI is InChI=1S/C22H24N4S/c1-4-25-21(20(24-22(25)27)18-8-5-6-12-23-18)19-9-7-13-26(19)17-11-10-15(2)16(3)14-17/h5-14,20-21H,4H2,1-3H3,(H,24,27)/t20-,21-/m1/s1. The Kier molecular flexibility index (Phi) is 4.70. The van der Waals surface area contributed by atoms with Crippen LogP contribution in [-0.4, -0.2) is 26.1 Å². The van der Waals surface area contributed by atoms with Crippen molar-refractivity contribution in [3.05, 3.63) is 83.4 Å². The van der Waals surface area contributed by atoms with Crippen molar-refractivity contribution in [1.29, 1.82) is 0 Å². The quantitative estimate of drug-likeness (QED) is 0.681. The maximum atomic E-state index is 5.64. The van der Waals surface area contributed by atoms with Gasteiger partial charge in [-0.1, -0.05) is 12.1 Å². The fraction of sp³-hybridized carbons (Fsp3) is 0.273. The molecule has 0 radical (unpaired) electrons. The molecule has 138 valence electrons. The average Bonchev–Trinajstić information content (AvgIpc) is 3.28. The second-order valence-corrected chi connectivity index (χ2v) is 7.37. The highest BCUT2D eigenvalue weighted by atomic mass is 32.1. The Morgan fingerprint density at radius 1 is 1.07 bits per heavy atom. The lowest BCUT2D eigenvalue weighted by Crippen LogP contribution is -2.30. The molecule has 0 aliphatic carbocycles. The highest BCUT2D eigenvalue weighted by Crippen LogP contribution is 2.39. The lowest BCUT2D eigenvalue weighted by molar-refractivity contribution is 0.321. The Morgan fingerprint density at radius 2 is 1.93 bits per heavy atom. The molecule has 1 aliphatic rings. The van der Waals surface area contributed by atoms with Crippen LogP contribution < -0.4 is 5.32 Å². The van der Waals surface area contributed by atoms with Crippen LogP contribution in [0.1, 0.15) is 41.5 Å². The Morgan fingerprint density at radius 3 is 2.63 bits per heavy atom. The summed E-state index contributed by atoms with van der Waals surface area (Å²) < 4.78 is 2.27. The molecule has 5 heteroatoms. The molecule has 1 aliphatic heterocycles. The highest BCUT2D eigenvalue weighted by Gasteiger charge is 2.40. The van der Waals surface area contributed by atoms with Crippen molar-refractivity contribution in [3.8, 4) is 5.69 Å². The van der Waals surface area contributed by atoms with E-state index in [4.69, 9.17) is 12.2 Å². The average molecular weight is 377 g/mol. The van der Waals surface area contributed by atoms with Crippen LogP contribution in [-0.2, 0) is 0 Å². The van der Waals surface area contributed by atoms with Gasteiger partial charge in [-0.2, -0.15) is 0 Å². The molecule has 3 aromatic rings. The minimum Gasteiger partial charge on any atom is -0.352 e. The van der Waals surface area contributed by atoms with Gasteiger partial charge in [-0.25, -0.2) is 0 Å². The van der Waals surface area contributed by atoms with Crippen LogP contribution in [0.5, 0.6) is 0 Å². The highest BCUT2D eigenvalue weighted by molar-refractivity contribution is 7.80. The predicted octanol–water partition coefficient (Wildman–Crippen LogP) is 4.48. The number of aromatic nitrogens is 2. The minimum atomic E-state index is 0.0267. The van der Waals surface area contributed by atoms with Crippen LogP contribution in [0, 0.1) is 13.8 Å². The van der Waals surface area contributed by atoms with E-state index in [0.717, 1.165) is 17.4 Å². The zero-order valence-electron chi connectivity index (χ0n) is 15.9. The molecular formula is C22H24N4S. The summed E-state index contributed by atoms with van der Waals surface area (Å²) >= 11 is 5.64. The molecule has 2 aromatic heterocycles. The third-order valence-electron chi connectivity index (χ3n) is 5.39. The normalized spacial score (nSPS) is 19.4. The molecule has 0 unspecified atom stereocenters. The lowest BCUT2D eigenvalue weighted by atomic mass is 10.0. The monoisotopic (exact) mass is 376 g/mol. The predicted molar refractivity (Wildman–Crippen MR) is 113 cm³/mol. The second kappa shape index (κ2) is 7.16. The van der Waals surface area contributed by atoms with Crippen molar-refractivity contribution < 1.29 is 0 Å². The number of likely N-dealkylation sites (N-methyl/N-ethyl adjacent to an activating group) is 1. The topological polar surface area (TPSA) is 33.1 Å². The van der Waals surface area contributed by atoms with Gasteiger partial charge in [0.1, 0.15) is 0 Å². The van der Waals surface area contributed by atoms with Gasteiger partial charge in [0.2, 0.25) is 0 Å². The number of rotatable bonds is 4. The number of aryl methyl sites for hydroxylation is 2. The maximum absolute atomic E-state index is 5.64. The van der Waals surface area contributed by atoms with Gasteiger partial charge >= 0.3 is 0 Å². The maximum Gasteiger partial charge on any atom is 0.170 e. The van der Waals surface area contributed by atoms with Gasteiger partial charge in [0.15, 0.2) is 5.11 Å². The number of pyridine rings is 1. The summed E-state index contributed by atoms with van der Waals surface area (Å²) in [5, 5.41) is 4.27. The molecule has 0 amide bonds. The number of nitrogens with one attached hydrogen (secondary N) is 1. The van der Waals surface area contributed by atoms with Gasteiger partial charge in [-0.05, 0) is 80.5 Å². The molecule has 2 atom stereocenters. The molecule has 1 N–H and O–H groups in total. The summed E-state index contributed by atoms with van der Waals surface area (Å²) in [6.45, 7) is 7.29. The van der Waals surface area contributed by atoms with E-state index in [2.05, 4.69) is 83.1 Å². The fourth-order valence-corrected chi connectivity index (χ4v) is 4.18. The molecule has 3 heterocycles. The minimum absolute atomic E-state index is 0.0267. The van der Waals surface area contributed by atoms with Crippen LogP contribution in [0.15, 0.2) is 60.9 Å². The summed E-state index contributed by atoms with van der Waals surface area (Å²) in [5.41, 5.74) is 5.99. The third kappa shape index (κ3) is 3.12. The number of benzene rings is 1. The fourth-order valence-electron chi connectivity index (χ4n) is 3.81. The molecule has 27 heavy (non-hydrogen) atoms. The number of thiocarbonyl (C=S) groups is 1. The number of nitrogens with zero attached hydrogens (tertiary/aromatic N) is 3. The first-order valence-corrected chi connectivity index (χ1v) is 9.74. The molecule has 1 aromatic carbocycles. The Balaban J connectivity index is 1.81. The number of hydrogen-bond acceptors (Lipinski definition) is 2. The molecule has 0 saturated carbocycles. The Bertz CT molecular complexity index is 963. The van der Waals surface area contributed by atoms with Crippen LogP contribution in [0.2, 0.25) is 0 Å². The van der Waals surface area contributed by atoms with E-state index in [1.165, 1.54) is 22.5 Å². The van der Waals surface area contributed by atoms with E-state index in [9.17, 15) is 0 Å². The van der Waals surface area contributed by atoms with Crippen molar-refractivity contribution in [2.75, 3.05) is 6.54 Å². The van der Waals surface area contributed by atoms with Crippen molar-refractivity contribution in [2.45, 2.75) is 32.9 Å². The van der Waals surface area contributed by atoms with E-state index in [-0.39, 0.29) is 12.1 Å². The van der Waals surface area contributed by atoms with Crippen LogP contribution >= 0.6 is 12.2 Å². The van der Waals surface area contributed by atoms with Gasteiger partial charge in [0.25, 0.3) is 0 Å². The first-order valence-electron chi connectivity index (χ1n) is 9.33. The summed E-state index contributed by atoms with van der Waals surface area (Å²) in [6.07, 6.45) is 3.97. The Hall–Kier alpha value is -2.66. The number of hydrogen-bond donors (Lipinski definition) is 1. The van der Waals surface area contributed by atoms with Gasteiger partial charge in [0.05, 0.1) is 17.8 Å². The second-order valence-electron chi connectivity index (χ2n) is 6.98. The molecule has 1 fully saturated rings. The Labute approximate surface area is 165 Å². The zero-order chi connectivity index (χ0) is 19.0. The van der Waals surface area contributed by atoms with Crippen molar-refractivity contribution in [1.82, 2.24) is 19.8 Å². The van der Waals surface area contributed by atoms with Gasteiger partial charge in [-0.3, -0.25) is 4.98 Å².